The smallest absolute Gasteiger partial charge is 0.355 e. The minimum absolute atomic E-state index is 0.0110. The van der Waals surface area contributed by atoms with Gasteiger partial charge in [-0.3, -0.25) is 9.78 Å². The maximum atomic E-state index is 13.2. The monoisotopic (exact) mass is 408 g/mol. The molecule has 1 aliphatic rings. The van der Waals surface area contributed by atoms with Crippen LogP contribution in [0.3, 0.4) is 0 Å². The predicted molar refractivity (Wildman–Crippen MR) is 103 cm³/mol. The Balaban J connectivity index is 1.71. The van der Waals surface area contributed by atoms with Gasteiger partial charge in [0.1, 0.15) is 5.52 Å². The Hall–Kier alpha value is -2.39. The first-order valence-electron chi connectivity index (χ1n) is 9.02. The Bertz CT molecular complexity index is 1110. The number of aromatic nitrogens is 3. The lowest BCUT2D eigenvalue weighted by atomic mass is 9.86. The molecule has 0 aliphatic carbocycles. The van der Waals surface area contributed by atoms with Crippen molar-refractivity contribution < 1.29 is 13.2 Å². The Morgan fingerprint density at radius 3 is 2.79 bits per heavy atom. The van der Waals surface area contributed by atoms with E-state index in [0.717, 1.165) is 11.1 Å². The van der Waals surface area contributed by atoms with Gasteiger partial charge in [0.05, 0.1) is 18.0 Å². The van der Waals surface area contributed by atoms with Crippen molar-refractivity contribution in [1.29, 1.82) is 0 Å². The van der Waals surface area contributed by atoms with E-state index in [4.69, 9.17) is 12.2 Å². The summed E-state index contributed by atoms with van der Waals surface area (Å²) >= 11 is 5.33. The Labute approximate surface area is 163 Å². The molecule has 28 heavy (non-hydrogen) atoms. The standard InChI is InChI=1S/C19H19F3N4OS/c20-19(21,22)12-5-7-23-14(9-12)13-4-2-1-3-11(13)10-26-15-6-8-24-16(15)17(27)25-18(26)28/h1-4,6,8,12,14,23-24H,5,7,9-10H2,(H,25,27,28)/t12-,14+/m1/s1. The quantitative estimate of drug-likeness (QED) is 0.573. The van der Waals surface area contributed by atoms with Crippen molar-refractivity contribution in [2.24, 2.45) is 5.92 Å². The van der Waals surface area contributed by atoms with Crippen LogP contribution >= 0.6 is 12.2 Å². The Morgan fingerprint density at radius 2 is 2.00 bits per heavy atom. The largest absolute Gasteiger partial charge is 0.391 e. The summed E-state index contributed by atoms with van der Waals surface area (Å²) in [5.74, 6) is -1.31. The number of hydrogen-bond acceptors (Lipinski definition) is 3. The SMILES string of the molecule is O=c1[nH]c(=S)n(Cc2ccccc2[C@@H]2C[C@H](C(F)(F)F)CCN2)c2cc[nH]c12. The molecule has 3 N–H and O–H groups in total. The molecule has 1 aliphatic heterocycles. The highest BCUT2D eigenvalue weighted by molar-refractivity contribution is 7.71. The van der Waals surface area contributed by atoms with Crippen LogP contribution in [-0.4, -0.2) is 27.3 Å². The van der Waals surface area contributed by atoms with Crippen molar-refractivity contribution >= 4 is 23.3 Å². The molecular weight excluding hydrogens is 389 g/mol. The molecule has 0 unspecified atom stereocenters. The number of benzene rings is 1. The summed E-state index contributed by atoms with van der Waals surface area (Å²) in [6.07, 6.45) is -2.42. The lowest BCUT2D eigenvalue weighted by molar-refractivity contribution is -0.183. The maximum absolute atomic E-state index is 13.2. The van der Waals surface area contributed by atoms with Crippen LogP contribution in [0, 0.1) is 10.7 Å². The van der Waals surface area contributed by atoms with Crippen molar-refractivity contribution in [1.82, 2.24) is 19.9 Å². The number of alkyl halides is 3. The number of H-pyrrole nitrogens is 2. The fraction of sp³-hybridized carbons (Fsp3) is 0.368. The first-order chi connectivity index (χ1) is 13.3. The van der Waals surface area contributed by atoms with Gasteiger partial charge in [-0.2, -0.15) is 13.2 Å². The van der Waals surface area contributed by atoms with Crippen LogP contribution in [-0.2, 0) is 6.54 Å². The van der Waals surface area contributed by atoms with E-state index >= 15 is 0 Å². The number of piperidine rings is 1. The minimum Gasteiger partial charge on any atom is -0.355 e. The van der Waals surface area contributed by atoms with E-state index in [1.54, 1.807) is 16.8 Å². The second-order valence-electron chi connectivity index (χ2n) is 7.05. The number of aromatic amines is 2. The number of halogens is 3. The molecule has 0 amide bonds. The van der Waals surface area contributed by atoms with Gasteiger partial charge in [-0.15, -0.1) is 0 Å². The van der Waals surface area contributed by atoms with Gasteiger partial charge in [0.2, 0.25) is 0 Å². The van der Waals surface area contributed by atoms with Gasteiger partial charge in [-0.05, 0) is 48.8 Å². The van der Waals surface area contributed by atoms with E-state index < -0.39 is 12.1 Å². The van der Waals surface area contributed by atoms with E-state index in [1.165, 1.54) is 0 Å². The fourth-order valence-electron chi connectivity index (χ4n) is 3.90. The summed E-state index contributed by atoms with van der Waals surface area (Å²) in [5.41, 5.74) is 2.48. The van der Waals surface area contributed by atoms with E-state index in [-0.39, 0.29) is 29.2 Å². The molecule has 3 heterocycles. The highest BCUT2D eigenvalue weighted by Crippen LogP contribution is 2.39. The topological polar surface area (TPSA) is 65.6 Å². The maximum Gasteiger partial charge on any atom is 0.391 e. The summed E-state index contributed by atoms with van der Waals surface area (Å²) in [6, 6.07) is 8.81. The van der Waals surface area contributed by atoms with Crippen LogP contribution in [0.15, 0.2) is 41.3 Å². The number of fused-ring (bicyclic) bond motifs is 1. The van der Waals surface area contributed by atoms with Crippen LogP contribution in [0.2, 0.25) is 0 Å². The molecule has 1 aromatic carbocycles. The number of hydrogen-bond donors (Lipinski definition) is 3. The van der Waals surface area contributed by atoms with Crippen LogP contribution in [0.5, 0.6) is 0 Å². The van der Waals surface area contributed by atoms with Gasteiger partial charge in [0.15, 0.2) is 4.77 Å². The molecule has 2 atom stereocenters. The molecule has 9 heteroatoms. The Kier molecular flexibility index (Phi) is 4.88. The molecule has 148 valence electrons. The van der Waals surface area contributed by atoms with Crippen LogP contribution in [0.25, 0.3) is 11.0 Å². The lowest BCUT2D eigenvalue weighted by Gasteiger charge is -2.33. The van der Waals surface area contributed by atoms with Crippen molar-refractivity contribution in [3.05, 3.63) is 62.8 Å². The van der Waals surface area contributed by atoms with Crippen LogP contribution in [0.1, 0.15) is 30.0 Å². The molecule has 1 saturated heterocycles. The number of nitrogens with one attached hydrogen (secondary N) is 3. The van der Waals surface area contributed by atoms with Crippen molar-refractivity contribution in [2.75, 3.05) is 6.54 Å². The van der Waals surface area contributed by atoms with Gasteiger partial charge < -0.3 is 14.9 Å². The van der Waals surface area contributed by atoms with E-state index in [9.17, 15) is 18.0 Å². The third-order valence-electron chi connectivity index (χ3n) is 5.33. The molecule has 3 aromatic rings. The van der Waals surface area contributed by atoms with Gasteiger partial charge in [0.25, 0.3) is 5.56 Å². The molecule has 2 aromatic heterocycles. The first-order valence-corrected chi connectivity index (χ1v) is 9.43. The van der Waals surface area contributed by atoms with Crippen LogP contribution < -0.4 is 10.9 Å². The Morgan fingerprint density at radius 1 is 1.21 bits per heavy atom. The van der Waals surface area contributed by atoms with Crippen molar-refractivity contribution in [3.63, 3.8) is 0 Å². The second-order valence-corrected chi connectivity index (χ2v) is 7.44. The fourth-order valence-corrected chi connectivity index (χ4v) is 4.16. The number of nitrogens with zero attached hydrogens (tertiary/aromatic N) is 1. The van der Waals surface area contributed by atoms with Crippen molar-refractivity contribution in [2.45, 2.75) is 31.6 Å². The van der Waals surface area contributed by atoms with E-state index in [2.05, 4.69) is 15.3 Å². The van der Waals surface area contributed by atoms with E-state index in [0.29, 0.717) is 24.1 Å². The molecule has 5 nitrogen and oxygen atoms in total. The zero-order valence-corrected chi connectivity index (χ0v) is 15.7. The first kappa shape index (κ1) is 18.9. The molecule has 4 rings (SSSR count). The predicted octanol–water partition coefficient (Wildman–Crippen LogP) is 4.04. The van der Waals surface area contributed by atoms with Gasteiger partial charge in [0, 0.05) is 12.2 Å². The molecule has 0 bridgehead atoms. The third kappa shape index (κ3) is 3.51. The normalized spacial score (nSPS) is 20.5. The van der Waals surface area contributed by atoms with Crippen LogP contribution in [0.4, 0.5) is 13.2 Å². The van der Waals surface area contributed by atoms with E-state index in [1.807, 2.05) is 24.3 Å². The summed E-state index contributed by atoms with van der Waals surface area (Å²) < 4.78 is 41.7. The summed E-state index contributed by atoms with van der Waals surface area (Å²) in [4.78, 5) is 17.6. The van der Waals surface area contributed by atoms with Gasteiger partial charge in [-0.25, -0.2) is 0 Å². The zero-order valence-electron chi connectivity index (χ0n) is 14.8. The third-order valence-corrected chi connectivity index (χ3v) is 5.66. The average Bonchev–Trinajstić information content (AvgIpc) is 3.15. The molecule has 1 fully saturated rings. The summed E-state index contributed by atoms with van der Waals surface area (Å²) in [6.45, 7) is 0.679. The molecular formula is C19H19F3N4OS. The highest BCUT2D eigenvalue weighted by Gasteiger charge is 2.42. The van der Waals surface area contributed by atoms with Gasteiger partial charge >= 0.3 is 6.18 Å². The lowest BCUT2D eigenvalue weighted by Crippen LogP contribution is -2.38. The highest BCUT2D eigenvalue weighted by atomic mass is 32.1. The zero-order chi connectivity index (χ0) is 19.9. The number of rotatable bonds is 3. The minimum atomic E-state index is -4.19. The molecule has 0 saturated carbocycles. The summed E-state index contributed by atoms with van der Waals surface area (Å²) in [5, 5.41) is 3.22. The average molecular weight is 408 g/mol. The summed E-state index contributed by atoms with van der Waals surface area (Å²) in [7, 11) is 0. The van der Waals surface area contributed by atoms with Crippen molar-refractivity contribution in [3.8, 4) is 0 Å². The molecule has 0 spiro atoms. The molecule has 0 radical (unpaired) electrons. The second kappa shape index (κ2) is 7.21. The van der Waals surface area contributed by atoms with Gasteiger partial charge in [-0.1, -0.05) is 24.3 Å².